The van der Waals surface area contributed by atoms with Crippen molar-refractivity contribution in [1.82, 2.24) is 4.90 Å². The molecule has 0 radical (unpaired) electrons. The van der Waals surface area contributed by atoms with Gasteiger partial charge in [0.05, 0.1) is 17.9 Å². The van der Waals surface area contributed by atoms with Crippen molar-refractivity contribution in [1.29, 1.82) is 0 Å². The van der Waals surface area contributed by atoms with Crippen LogP contribution in [0, 0.1) is 5.92 Å². The number of unbranched alkanes of at least 4 members (excludes halogenated alkanes) is 1. The number of methoxy groups -OCH3 is 2. The van der Waals surface area contributed by atoms with Crippen molar-refractivity contribution in [3.8, 4) is 0 Å². The van der Waals surface area contributed by atoms with Gasteiger partial charge in [-0.15, -0.1) is 0 Å². The maximum atomic E-state index is 13.0. The average Bonchev–Trinajstić information content (AvgIpc) is 2.59. The van der Waals surface area contributed by atoms with Crippen LogP contribution in [-0.2, 0) is 28.9 Å². The number of carbonyl (C=O) groups excluding carboxylic acids is 2. The molecule has 2 rings (SSSR count). The van der Waals surface area contributed by atoms with Crippen LogP contribution < -0.4 is 0 Å². The van der Waals surface area contributed by atoms with E-state index >= 15 is 0 Å². The molecule has 0 spiro atoms. The zero-order chi connectivity index (χ0) is 19.7. The zero-order valence-electron chi connectivity index (χ0n) is 16.0. The van der Waals surface area contributed by atoms with Crippen LogP contribution in [0.15, 0.2) is 22.3 Å². The summed E-state index contributed by atoms with van der Waals surface area (Å²) in [5, 5.41) is 0. The second kappa shape index (κ2) is 7.52. The molecule has 2 aliphatic rings. The Morgan fingerprint density at radius 1 is 1.31 bits per heavy atom. The lowest BCUT2D eigenvalue weighted by atomic mass is 9.89. The summed E-state index contributed by atoms with van der Waals surface area (Å²) >= 11 is 0. The molecular formula is C18H27NO6S. The van der Waals surface area contributed by atoms with Gasteiger partial charge in [0, 0.05) is 32.4 Å². The summed E-state index contributed by atoms with van der Waals surface area (Å²) < 4.78 is 34.3. The van der Waals surface area contributed by atoms with E-state index in [1.165, 1.54) is 31.9 Å². The number of sulfone groups is 1. The van der Waals surface area contributed by atoms with Gasteiger partial charge in [-0.05, 0) is 39.7 Å². The molecule has 0 fully saturated rings. The third-order valence-corrected chi connectivity index (χ3v) is 7.55. The molecule has 146 valence electrons. The van der Waals surface area contributed by atoms with E-state index in [0.29, 0.717) is 30.8 Å². The number of nitrogens with zero attached hydrogens (tertiary/aromatic N) is 1. The smallest absolute Gasteiger partial charge is 0.313 e. The molecule has 1 amide bonds. The van der Waals surface area contributed by atoms with Crippen LogP contribution in [0.5, 0.6) is 0 Å². The number of carbonyl (C=O) groups is 2. The van der Waals surface area contributed by atoms with Crippen LogP contribution in [-0.4, -0.2) is 57.3 Å². The molecular weight excluding hydrogens is 358 g/mol. The lowest BCUT2D eigenvalue weighted by molar-refractivity contribution is -0.144. The fourth-order valence-corrected chi connectivity index (χ4v) is 5.06. The van der Waals surface area contributed by atoms with Crippen molar-refractivity contribution in [3.05, 3.63) is 22.3 Å². The molecule has 0 bridgehead atoms. The van der Waals surface area contributed by atoms with Crippen molar-refractivity contribution in [2.24, 2.45) is 5.92 Å². The van der Waals surface area contributed by atoms with Gasteiger partial charge in [-0.3, -0.25) is 9.59 Å². The van der Waals surface area contributed by atoms with E-state index in [4.69, 9.17) is 9.47 Å². The van der Waals surface area contributed by atoms with Gasteiger partial charge in [-0.1, -0.05) is 5.57 Å². The normalized spacial score (nSPS) is 24.2. The standard InChI is InChI=1S/C18H27NO6S/c1-12-10-15-14(11-13(12)16(20)25-5)19(8-6-7-9-24-4)17(21)18(2,3)26(15,22)23/h10,13H,6-9,11H2,1-5H3. The number of hydrogen-bond acceptors (Lipinski definition) is 6. The second-order valence-corrected chi connectivity index (χ2v) is 9.62. The zero-order valence-corrected chi connectivity index (χ0v) is 16.8. The molecule has 1 unspecified atom stereocenters. The van der Waals surface area contributed by atoms with Gasteiger partial charge in [0.15, 0.2) is 9.84 Å². The number of hydrogen-bond donors (Lipinski definition) is 0. The molecule has 0 saturated heterocycles. The van der Waals surface area contributed by atoms with E-state index < -0.39 is 32.4 Å². The molecule has 1 aliphatic carbocycles. The number of amides is 1. The summed E-state index contributed by atoms with van der Waals surface area (Å²) in [5.74, 6) is -1.46. The molecule has 1 aliphatic heterocycles. The highest BCUT2D eigenvalue weighted by atomic mass is 32.2. The molecule has 0 aromatic rings. The Balaban J connectivity index is 2.49. The predicted molar refractivity (Wildman–Crippen MR) is 96.7 cm³/mol. The van der Waals surface area contributed by atoms with Crippen LogP contribution in [0.25, 0.3) is 0 Å². The minimum Gasteiger partial charge on any atom is -0.469 e. The van der Waals surface area contributed by atoms with Crippen molar-refractivity contribution in [3.63, 3.8) is 0 Å². The van der Waals surface area contributed by atoms with Gasteiger partial charge < -0.3 is 14.4 Å². The van der Waals surface area contributed by atoms with E-state index in [0.717, 1.165) is 6.42 Å². The maximum Gasteiger partial charge on any atom is 0.313 e. The van der Waals surface area contributed by atoms with Crippen LogP contribution in [0.3, 0.4) is 0 Å². The number of esters is 1. The van der Waals surface area contributed by atoms with Crippen LogP contribution in [0.2, 0.25) is 0 Å². The monoisotopic (exact) mass is 385 g/mol. The molecule has 8 heteroatoms. The van der Waals surface area contributed by atoms with Gasteiger partial charge in [-0.2, -0.15) is 0 Å². The highest BCUT2D eigenvalue weighted by molar-refractivity contribution is 7.97. The Kier molecular flexibility index (Phi) is 5.97. The molecule has 7 nitrogen and oxygen atoms in total. The molecule has 0 saturated carbocycles. The maximum absolute atomic E-state index is 13.0. The van der Waals surface area contributed by atoms with Gasteiger partial charge in [0.1, 0.15) is 4.75 Å². The summed E-state index contributed by atoms with van der Waals surface area (Å²) in [5.41, 5.74) is 1.02. The van der Waals surface area contributed by atoms with E-state index in [2.05, 4.69) is 0 Å². The first-order valence-electron chi connectivity index (χ1n) is 8.64. The van der Waals surface area contributed by atoms with Crippen LogP contribution in [0.1, 0.15) is 40.0 Å². The van der Waals surface area contributed by atoms with Crippen molar-refractivity contribution in [2.75, 3.05) is 27.4 Å². The fraction of sp³-hybridized carbons (Fsp3) is 0.667. The minimum absolute atomic E-state index is 0.145. The molecule has 1 heterocycles. The van der Waals surface area contributed by atoms with Gasteiger partial charge >= 0.3 is 5.97 Å². The first-order chi connectivity index (χ1) is 12.1. The van der Waals surface area contributed by atoms with E-state index in [-0.39, 0.29) is 11.3 Å². The Hall–Kier alpha value is -1.67. The largest absolute Gasteiger partial charge is 0.469 e. The third-order valence-electron chi connectivity index (χ3n) is 5.10. The van der Waals surface area contributed by atoms with E-state index in [1.54, 1.807) is 14.0 Å². The highest BCUT2D eigenvalue weighted by Crippen LogP contribution is 2.43. The molecule has 26 heavy (non-hydrogen) atoms. The highest BCUT2D eigenvalue weighted by Gasteiger charge is 2.53. The number of rotatable bonds is 6. The van der Waals surface area contributed by atoms with Crippen LogP contribution in [0.4, 0.5) is 0 Å². The summed E-state index contributed by atoms with van der Waals surface area (Å²) in [6, 6.07) is 0. The SMILES string of the molecule is COCCCCN1C(=O)C(C)(C)S(=O)(=O)C2=C1CC(C(=O)OC)C(C)=C2. The Bertz CT molecular complexity index is 763. The molecule has 0 aromatic heterocycles. The minimum atomic E-state index is -3.83. The number of ether oxygens (including phenoxy) is 2. The quantitative estimate of drug-likeness (QED) is 0.512. The lowest BCUT2D eigenvalue weighted by Gasteiger charge is -2.41. The Labute approximate surface area is 154 Å². The Morgan fingerprint density at radius 3 is 2.54 bits per heavy atom. The van der Waals surface area contributed by atoms with Crippen molar-refractivity contribution in [2.45, 2.75) is 44.8 Å². The fourth-order valence-electron chi connectivity index (χ4n) is 3.32. The summed E-state index contributed by atoms with van der Waals surface area (Å²) in [6.45, 7) is 5.55. The summed E-state index contributed by atoms with van der Waals surface area (Å²) in [4.78, 5) is 26.7. The van der Waals surface area contributed by atoms with Gasteiger partial charge in [-0.25, -0.2) is 8.42 Å². The molecule has 0 N–H and O–H groups in total. The van der Waals surface area contributed by atoms with Gasteiger partial charge in [0.25, 0.3) is 0 Å². The number of allylic oxidation sites excluding steroid dienone is 2. The molecule has 0 aromatic carbocycles. The van der Waals surface area contributed by atoms with Crippen molar-refractivity contribution < 1.29 is 27.5 Å². The van der Waals surface area contributed by atoms with E-state index in [1.807, 2.05) is 0 Å². The topological polar surface area (TPSA) is 90.0 Å². The summed E-state index contributed by atoms with van der Waals surface area (Å²) in [6.07, 6.45) is 3.10. The second-order valence-electron chi connectivity index (χ2n) is 7.15. The average molecular weight is 385 g/mol. The predicted octanol–water partition coefficient (Wildman–Crippen LogP) is 1.80. The molecule has 1 atom stereocenters. The first kappa shape index (κ1) is 20.6. The van der Waals surface area contributed by atoms with Gasteiger partial charge in [0.2, 0.25) is 5.91 Å². The lowest BCUT2D eigenvalue weighted by Crippen LogP contribution is -2.55. The van der Waals surface area contributed by atoms with Crippen LogP contribution >= 0.6 is 0 Å². The van der Waals surface area contributed by atoms with E-state index in [9.17, 15) is 18.0 Å². The summed E-state index contributed by atoms with van der Waals surface area (Å²) in [7, 11) is -0.924. The van der Waals surface area contributed by atoms with Crippen molar-refractivity contribution >= 4 is 21.7 Å². The Morgan fingerprint density at radius 2 is 1.96 bits per heavy atom. The third kappa shape index (κ3) is 3.32. The first-order valence-corrected chi connectivity index (χ1v) is 10.1.